The van der Waals surface area contributed by atoms with Crippen molar-refractivity contribution in [3.63, 3.8) is 0 Å². The zero-order valence-corrected chi connectivity index (χ0v) is 8.88. The fourth-order valence-electron chi connectivity index (χ4n) is 0.939. The van der Waals surface area contributed by atoms with Crippen LogP contribution in [0.4, 0.5) is 0 Å². The van der Waals surface area contributed by atoms with Crippen molar-refractivity contribution >= 4 is 16.9 Å². The Morgan fingerprint density at radius 2 is 2.08 bits per heavy atom. The first-order valence-electron chi connectivity index (χ1n) is 4.58. The molecule has 0 aliphatic heterocycles. The van der Waals surface area contributed by atoms with Crippen LogP contribution < -0.4 is 5.32 Å². The molecule has 0 amide bonds. The van der Waals surface area contributed by atoms with E-state index in [-0.39, 0.29) is 5.12 Å². The van der Waals surface area contributed by atoms with Gasteiger partial charge in [-0.05, 0) is 19.2 Å². The summed E-state index contributed by atoms with van der Waals surface area (Å²) in [5, 5.41) is 3.35. The summed E-state index contributed by atoms with van der Waals surface area (Å²) in [4.78, 5) is 10.8. The van der Waals surface area contributed by atoms with E-state index in [1.807, 2.05) is 6.26 Å². The molecule has 0 saturated heterocycles. The van der Waals surface area contributed by atoms with Crippen LogP contribution in [0.5, 0.6) is 0 Å². The van der Waals surface area contributed by atoms with E-state index >= 15 is 0 Å². The SMILES string of the molecule is CCCCCCNCC(=O)SC. The Kier molecular flexibility index (Phi) is 9.06. The fourth-order valence-corrected chi connectivity index (χ4v) is 1.19. The summed E-state index contributed by atoms with van der Waals surface area (Å²) in [6, 6.07) is 0. The predicted octanol–water partition coefficient (Wildman–Crippen LogP) is 2.05. The van der Waals surface area contributed by atoms with E-state index in [4.69, 9.17) is 0 Å². The molecule has 1 N–H and O–H groups in total. The van der Waals surface area contributed by atoms with Gasteiger partial charge in [-0.15, -0.1) is 0 Å². The van der Waals surface area contributed by atoms with Crippen LogP contribution in [0.1, 0.15) is 32.6 Å². The molecule has 0 aliphatic carbocycles. The molecule has 3 heteroatoms. The summed E-state index contributed by atoms with van der Waals surface area (Å²) < 4.78 is 0. The fraction of sp³-hybridized carbons (Fsp3) is 0.889. The van der Waals surface area contributed by atoms with Gasteiger partial charge in [0.1, 0.15) is 0 Å². The summed E-state index contributed by atoms with van der Waals surface area (Å²) in [5.41, 5.74) is 0. The van der Waals surface area contributed by atoms with Gasteiger partial charge in [0.2, 0.25) is 5.12 Å². The molecule has 0 spiro atoms. The molecule has 0 bridgehead atoms. The van der Waals surface area contributed by atoms with Crippen LogP contribution in [0.25, 0.3) is 0 Å². The Bertz CT molecular complexity index is 117. The average molecular weight is 189 g/mol. The van der Waals surface area contributed by atoms with Gasteiger partial charge in [0.05, 0.1) is 6.54 Å². The highest BCUT2D eigenvalue weighted by molar-refractivity contribution is 8.13. The molecule has 0 aromatic rings. The van der Waals surface area contributed by atoms with Crippen LogP contribution in [-0.2, 0) is 4.79 Å². The van der Waals surface area contributed by atoms with Gasteiger partial charge in [0.25, 0.3) is 0 Å². The highest BCUT2D eigenvalue weighted by Crippen LogP contribution is 1.97. The third-order valence-corrected chi connectivity index (χ3v) is 2.30. The lowest BCUT2D eigenvalue weighted by molar-refractivity contribution is -0.110. The molecule has 2 nitrogen and oxygen atoms in total. The van der Waals surface area contributed by atoms with E-state index < -0.39 is 0 Å². The van der Waals surface area contributed by atoms with Gasteiger partial charge in [0, 0.05) is 0 Å². The Morgan fingerprint density at radius 1 is 1.33 bits per heavy atom. The second-order valence-corrected chi connectivity index (χ2v) is 3.68. The topological polar surface area (TPSA) is 29.1 Å². The number of nitrogens with one attached hydrogen (secondary N) is 1. The van der Waals surface area contributed by atoms with E-state index in [2.05, 4.69) is 12.2 Å². The maximum Gasteiger partial charge on any atom is 0.202 e. The molecule has 0 fully saturated rings. The van der Waals surface area contributed by atoms with Crippen molar-refractivity contribution < 1.29 is 4.79 Å². The first-order chi connectivity index (χ1) is 5.81. The molecule has 0 aromatic carbocycles. The average Bonchev–Trinajstić information content (AvgIpc) is 2.10. The van der Waals surface area contributed by atoms with Crippen LogP contribution in [-0.4, -0.2) is 24.5 Å². The van der Waals surface area contributed by atoms with Gasteiger partial charge in [-0.1, -0.05) is 37.9 Å². The quantitative estimate of drug-likeness (QED) is 0.621. The summed E-state index contributed by atoms with van der Waals surface area (Å²) >= 11 is 1.29. The van der Waals surface area contributed by atoms with Gasteiger partial charge in [-0.3, -0.25) is 4.79 Å². The minimum atomic E-state index is 0.227. The molecule has 0 aliphatic rings. The zero-order valence-electron chi connectivity index (χ0n) is 8.06. The van der Waals surface area contributed by atoms with Crippen molar-refractivity contribution in [2.45, 2.75) is 32.6 Å². The summed E-state index contributed by atoms with van der Waals surface area (Å²) in [7, 11) is 0. The smallest absolute Gasteiger partial charge is 0.202 e. The van der Waals surface area contributed by atoms with Crippen LogP contribution in [0.2, 0.25) is 0 Å². The van der Waals surface area contributed by atoms with E-state index in [1.165, 1.54) is 37.4 Å². The minimum absolute atomic E-state index is 0.227. The lowest BCUT2D eigenvalue weighted by Gasteiger charge is -2.01. The third-order valence-electron chi connectivity index (χ3n) is 1.70. The molecule has 0 unspecified atom stereocenters. The standard InChI is InChI=1S/C9H19NOS/c1-3-4-5-6-7-10-8-9(11)12-2/h10H,3-8H2,1-2H3. The van der Waals surface area contributed by atoms with Crippen molar-refractivity contribution in [1.82, 2.24) is 5.32 Å². The number of rotatable bonds is 7. The van der Waals surface area contributed by atoms with Crippen molar-refractivity contribution in [2.75, 3.05) is 19.3 Å². The van der Waals surface area contributed by atoms with Crippen LogP contribution in [0.3, 0.4) is 0 Å². The number of hydrogen-bond donors (Lipinski definition) is 1. The molecule has 0 atom stereocenters. The molecular weight excluding hydrogens is 170 g/mol. The van der Waals surface area contributed by atoms with Crippen molar-refractivity contribution in [2.24, 2.45) is 0 Å². The van der Waals surface area contributed by atoms with Gasteiger partial charge >= 0.3 is 0 Å². The Labute approximate surface area is 79.5 Å². The Morgan fingerprint density at radius 3 is 2.67 bits per heavy atom. The van der Waals surface area contributed by atoms with Crippen LogP contribution in [0.15, 0.2) is 0 Å². The highest BCUT2D eigenvalue weighted by atomic mass is 32.2. The second kappa shape index (κ2) is 9.07. The van der Waals surface area contributed by atoms with E-state index in [0.717, 1.165) is 6.54 Å². The van der Waals surface area contributed by atoms with Gasteiger partial charge in [0.15, 0.2) is 0 Å². The van der Waals surface area contributed by atoms with E-state index in [0.29, 0.717) is 6.54 Å². The first-order valence-corrected chi connectivity index (χ1v) is 5.81. The van der Waals surface area contributed by atoms with Gasteiger partial charge < -0.3 is 5.32 Å². The molecule has 0 aromatic heterocycles. The third kappa shape index (κ3) is 8.08. The molecule has 12 heavy (non-hydrogen) atoms. The molecule has 0 radical (unpaired) electrons. The molecule has 0 heterocycles. The number of thioether (sulfide) groups is 1. The number of unbranched alkanes of at least 4 members (excludes halogenated alkanes) is 3. The summed E-state index contributed by atoms with van der Waals surface area (Å²) in [6.07, 6.45) is 6.86. The number of carbonyl (C=O) groups excluding carboxylic acids is 1. The van der Waals surface area contributed by atoms with Gasteiger partial charge in [-0.2, -0.15) is 0 Å². The number of carbonyl (C=O) groups is 1. The lowest BCUT2D eigenvalue weighted by Crippen LogP contribution is -2.21. The predicted molar refractivity (Wildman–Crippen MR) is 55.5 cm³/mol. The Balaban J connectivity index is 2.95. The molecule has 72 valence electrons. The van der Waals surface area contributed by atoms with Crippen molar-refractivity contribution in [3.05, 3.63) is 0 Å². The summed E-state index contributed by atoms with van der Waals surface area (Å²) in [6.45, 7) is 3.70. The summed E-state index contributed by atoms with van der Waals surface area (Å²) in [5.74, 6) is 0. The minimum Gasteiger partial charge on any atom is -0.309 e. The monoisotopic (exact) mass is 189 g/mol. The molecular formula is C9H19NOS. The largest absolute Gasteiger partial charge is 0.309 e. The van der Waals surface area contributed by atoms with Gasteiger partial charge in [-0.25, -0.2) is 0 Å². The molecule has 0 saturated carbocycles. The normalized spacial score (nSPS) is 10.2. The van der Waals surface area contributed by atoms with Crippen LogP contribution >= 0.6 is 11.8 Å². The maximum absolute atomic E-state index is 10.8. The van der Waals surface area contributed by atoms with Crippen LogP contribution in [0, 0.1) is 0 Å². The number of hydrogen-bond acceptors (Lipinski definition) is 3. The zero-order chi connectivity index (χ0) is 9.23. The Hall–Kier alpha value is -0.0200. The van der Waals surface area contributed by atoms with Crippen molar-refractivity contribution in [3.8, 4) is 0 Å². The van der Waals surface area contributed by atoms with E-state index in [9.17, 15) is 4.79 Å². The van der Waals surface area contributed by atoms with Crippen molar-refractivity contribution in [1.29, 1.82) is 0 Å². The maximum atomic E-state index is 10.8. The lowest BCUT2D eigenvalue weighted by atomic mass is 10.2. The first kappa shape index (κ1) is 12.0. The van der Waals surface area contributed by atoms with E-state index in [1.54, 1.807) is 0 Å². The second-order valence-electron chi connectivity index (χ2n) is 2.81. The molecule has 0 rings (SSSR count). The highest BCUT2D eigenvalue weighted by Gasteiger charge is 1.96.